The lowest BCUT2D eigenvalue weighted by atomic mass is 9.86. The lowest BCUT2D eigenvalue weighted by molar-refractivity contribution is -0.152. The van der Waals surface area contributed by atoms with Crippen molar-refractivity contribution in [3.8, 4) is 11.5 Å². The highest BCUT2D eigenvalue weighted by Crippen LogP contribution is 2.38. The smallest absolute Gasteiger partial charge is 0.353 e. The molecule has 6 rings (SSSR count). The van der Waals surface area contributed by atoms with Crippen molar-refractivity contribution in [1.29, 1.82) is 0 Å². The molecule has 2 N–H and O–H groups in total. The van der Waals surface area contributed by atoms with Crippen LogP contribution in [-0.2, 0) is 20.8 Å². The fraction of sp³-hybridized carbons (Fsp3) is 0.0526. The summed E-state index contributed by atoms with van der Waals surface area (Å²) in [5, 5.41) is 24.7. The lowest BCUT2D eigenvalue weighted by Crippen LogP contribution is -2.40. The molecule has 216 valence electrons. The second kappa shape index (κ2) is 12.0. The van der Waals surface area contributed by atoms with Gasteiger partial charge in [0, 0.05) is 10.8 Å². The zero-order valence-corrected chi connectivity index (χ0v) is 23.5. The van der Waals surface area contributed by atoms with Gasteiger partial charge in [0.05, 0.1) is 0 Å². The molecular formula is C38H28O6. The topological polar surface area (TPSA) is 93.1 Å². The molecule has 6 aromatic carbocycles. The van der Waals surface area contributed by atoms with Crippen molar-refractivity contribution in [3.63, 3.8) is 0 Å². The van der Waals surface area contributed by atoms with E-state index in [4.69, 9.17) is 9.47 Å². The summed E-state index contributed by atoms with van der Waals surface area (Å²) in [5.74, 6) is -1.46. The molecule has 0 saturated carbocycles. The van der Waals surface area contributed by atoms with Crippen molar-refractivity contribution < 1.29 is 29.3 Å². The summed E-state index contributed by atoms with van der Waals surface area (Å²) in [6, 6.07) is 44.4. The van der Waals surface area contributed by atoms with Gasteiger partial charge < -0.3 is 19.7 Å². The Kier molecular flexibility index (Phi) is 7.77. The monoisotopic (exact) mass is 580 g/mol. The molecule has 0 radical (unpaired) electrons. The second-order valence-electron chi connectivity index (χ2n) is 10.3. The van der Waals surface area contributed by atoms with E-state index in [9.17, 15) is 19.8 Å². The van der Waals surface area contributed by atoms with E-state index >= 15 is 0 Å². The van der Waals surface area contributed by atoms with Crippen molar-refractivity contribution in [1.82, 2.24) is 0 Å². The van der Waals surface area contributed by atoms with Crippen molar-refractivity contribution >= 4 is 22.7 Å². The van der Waals surface area contributed by atoms with Crippen LogP contribution in [0.4, 0.5) is 0 Å². The highest BCUT2D eigenvalue weighted by Gasteiger charge is 2.43. The number of carbonyl (C=O) groups excluding carboxylic acids is 2. The number of fused-ring (bicyclic) bond motifs is 1. The fourth-order valence-corrected chi connectivity index (χ4v) is 5.29. The lowest BCUT2D eigenvalue weighted by Gasteiger charge is -2.28. The van der Waals surface area contributed by atoms with Gasteiger partial charge >= 0.3 is 11.9 Å². The Balaban J connectivity index is 1.37. The van der Waals surface area contributed by atoms with Crippen molar-refractivity contribution in [3.05, 3.63) is 180 Å². The molecule has 0 aliphatic heterocycles. The summed E-state index contributed by atoms with van der Waals surface area (Å²) in [5.41, 5.74) is -2.76. The quantitative estimate of drug-likeness (QED) is 0.157. The van der Waals surface area contributed by atoms with Gasteiger partial charge in [0.15, 0.2) is 0 Å². The number of esters is 2. The van der Waals surface area contributed by atoms with Gasteiger partial charge in [-0.15, -0.1) is 0 Å². The maximum absolute atomic E-state index is 13.8. The SMILES string of the molecule is O=C(Oc1ccc(OC(=O)C(O)(c2ccccc2)c2ccccc2)c2ccccc12)C(O)(c1ccccc1)c1ccccc1. The minimum absolute atomic E-state index is 0.164. The Morgan fingerprint density at radius 2 is 0.636 bits per heavy atom. The first-order valence-electron chi connectivity index (χ1n) is 14.1. The van der Waals surface area contributed by atoms with Crippen LogP contribution < -0.4 is 9.47 Å². The Labute approximate surface area is 254 Å². The van der Waals surface area contributed by atoms with Crippen LogP contribution in [0.25, 0.3) is 10.8 Å². The molecule has 0 bridgehead atoms. The minimum Gasteiger partial charge on any atom is -0.423 e. The first-order chi connectivity index (χ1) is 21.4. The minimum atomic E-state index is -2.09. The number of rotatable bonds is 8. The molecule has 0 heterocycles. The summed E-state index contributed by atoms with van der Waals surface area (Å²) >= 11 is 0. The van der Waals surface area contributed by atoms with Crippen LogP contribution in [0.1, 0.15) is 22.3 Å². The molecule has 0 aliphatic carbocycles. The van der Waals surface area contributed by atoms with E-state index in [-0.39, 0.29) is 11.5 Å². The Bertz CT molecular complexity index is 1690. The van der Waals surface area contributed by atoms with Crippen molar-refractivity contribution in [2.24, 2.45) is 0 Å². The van der Waals surface area contributed by atoms with Gasteiger partial charge in [-0.05, 0) is 34.4 Å². The van der Waals surface area contributed by atoms with Crippen molar-refractivity contribution in [2.45, 2.75) is 11.2 Å². The Morgan fingerprint density at radius 3 is 0.909 bits per heavy atom. The van der Waals surface area contributed by atoms with Crippen LogP contribution in [0, 0.1) is 0 Å². The normalized spacial score (nSPS) is 11.6. The maximum atomic E-state index is 13.8. The molecule has 0 saturated heterocycles. The molecule has 0 spiro atoms. The summed E-state index contributed by atoms with van der Waals surface area (Å²) < 4.78 is 11.8. The summed E-state index contributed by atoms with van der Waals surface area (Å²) in [4.78, 5) is 27.6. The van der Waals surface area contributed by atoms with Crippen molar-refractivity contribution in [2.75, 3.05) is 0 Å². The molecule has 0 unspecified atom stereocenters. The number of ether oxygens (including phenoxy) is 2. The maximum Gasteiger partial charge on any atom is 0.353 e. The molecule has 0 aliphatic rings. The number of benzene rings is 6. The molecule has 6 aromatic rings. The molecule has 0 atom stereocenters. The largest absolute Gasteiger partial charge is 0.423 e. The average Bonchev–Trinajstić information content (AvgIpc) is 3.10. The van der Waals surface area contributed by atoms with E-state index in [2.05, 4.69) is 0 Å². The van der Waals surface area contributed by atoms with E-state index in [1.165, 1.54) is 12.1 Å². The fourth-order valence-electron chi connectivity index (χ4n) is 5.29. The van der Waals surface area contributed by atoms with Crippen LogP contribution in [0.5, 0.6) is 11.5 Å². The second-order valence-corrected chi connectivity index (χ2v) is 10.3. The summed E-state index contributed by atoms with van der Waals surface area (Å²) in [6.45, 7) is 0. The average molecular weight is 581 g/mol. The van der Waals surface area contributed by atoms with Gasteiger partial charge in [-0.2, -0.15) is 0 Å². The zero-order chi connectivity index (χ0) is 30.6. The van der Waals surface area contributed by atoms with E-state index in [0.717, 1.165) is 0 Å². The number of hydrogen-bond donors (Lipinski definition) is 2. The van der Waals surface area contributed by atoms with Gasteiger partial charge in [-0.3, -0.25) is 0 Å². The van der Waals surface area contributed by atoms with Crippen LogP contribution in [0.3, 0.4) is 0 Å². The van der Waals surface area contributed by atoms with E-state index in [1.54, 1.807) is 146 Å². The Morgan fingerprint density at radius 1 is 0.386 bits per heavy atom. The molecule has 0 aromatic heterocycles. The van der Waals surface area contributed by atoms with E-state index < -0.39 is 23.1 Å². The van der Waals surface area contributed by atoms with Gasteiger partial charge in [-0.25, -0.2) is 9.59 Å². The van der Waals surface area contributed by atoms with Crippen LogP contribution in [0.15, 0.2) is 158 Å². The predicted molar refractivity (Wildman–Crippen MR) is 167 cm³/mol. The number of carbonyl (C=O) groups is 2. The third-order valence-corrected chi connectivity index (χ3v) is 7.61. The Hall–Kier alpha value is -5.56. The first-order valence-corrected chi connectivity index (χ1v) is 14.1. The van der Waals surface area contributed by atoms with E-state index in [0.29, 0.717) is 33.0 Å². The first kappa shape index (κ1) is 28.6. The molecule has 0 amide bonds. The number of hydrogen-bond acceptors (Lipinski definition) is 6. The summed E-state index contributed by atoms with van der Waals surface area (Å²) in [6.07, 6.45) is 0. The van der Waals surface area contributed by atoms with Crippen LogP contribution >= 0.6 is 0 Å². The zero-order valence-electron chi connectivity index (χ0n) is 23.5. The standard InChI is InChI=1S/C38H28O6/c39-35(37(41,27-15-5-1-6-16-27)28-17-7-2-8-18-28)43-33-25-26-34(32-24-14-13-23-31(32)33)44-36(40)38(42,29-19-9-3-10-20-29)30-21-11-4-12-22-30/h1-26,41-42H. The summed E-state index contributed by atoms with van der Waals surface area (Å²) in [7, 11) is 0. The highest BCUT2D eigenvalue weighted by molar-refractivity contribution is 5.98. The highest BCUT2D eigenvalue weighted by atomic mass is 16.6. The molecular weight excluding hydrogens is 552 g/mol. The molecule has 6 nitrogen and oxygen atoms in total. The van der Waals surface area contributed by atoms with Gasteiger partial charge in [0.1, 0.15) is 11.5 Å². The van der Waals surface area contributed by atoms with Gasteiger partial charge in [0.25, 0.3) is 0 Å². The van der Waals surface area contributed by atoms with Gasteiger partial charge in [-0.1, -0.05) is 146 Å². The molecule has 6 heteroatoms. The molecule has 0 fully saturated rings. The predicted octanol–water partition coefficient (Wildman–Crippen LogP) is 6.52. The third kappa shape index (κ3) is 5.13. The van der Waals surface area contributed by atoms with Crippen LogP contribution in [0.2, 0.25) is 0 Å². The number of aliphatic hydroxyl groups is 2. The molecule has 44 heavy (non-hydrogen) atoms. The van der Waals surface area contributed by atoms with Gasteiger partial charge in [0.2, 0.25) is 11.2 Å². The van der Waals surface area contributed by atoms with Crippen LogP contribution in [-0.4, -0.2) is 22.2 Å². The third-order valence-electron chi connectivity index (χ3n) is 7.61. The van der Waals surface area contributed by atoms with E-state index in [1.807, 2.05) is 0 Å².